The summed E-state index contributed by atoms with van der Waals surface area (Å²) in [6, 6.07) is 0. The molecular formula is C15H31NO2. The van der Waals surface area contributed by atoms with Gasteiger partial charge in [0.25, 0.3) is 0 Å². The largest absolute Gasteiger partial charge is 0.352 e. The second kappa shape index (κ2) is 7.46. The number of hydrogen-bond donors (Lipinski definition) is 0. The van der Waals surface area contributed by atoms with Crippen molar-refractivity contribution in [2.75, 3.05) is 32.8 Å². The van der Waals surface area contributed by atoms with Crippen molar-refractivity contribution in [3.05, 3.63) is 0 Å². The van der Waals surface area contributed by atoms with E-state index in [9.17, 15) is 0 Å². The van der Waals surface area contributed by atoms with Crippen molar-refractivity contribution < 1.29 is 9.47 Å². The lowest BCUT2D eigenvalue weighted by Crippen LogP contribution is -2.42. The first kappa shape index (κ1) is 15.9. The highest BCUT2D eigenvalue weighted by atomic mass is 16.7. The van der Waals surface area contributed by atoms with Gasteiger partial charge in [-0.25, -0.2) is 0 Å². The van der Waals surface area contributed by atoms with E-state index < -0.39 is 0 Å². The van der Waals surface area contributed by atoms with Gasteiger partial charge >= 0.3 is 0 Å². The second-order valence-electron chi connectivity index (χ2n) is 6.28. The van der Waals surface area contributed by atoms with Crippen LogP contribution >= 0.6 is 0 Å². The minimum absolute atomic E-state index is 0.0498. The molecule has 1 aliphatic rings. The first-order valence-corrected chi connectivity index (χ1v) is 7.43. The van der Waals surface area contributed by atoms with E-state index >= 15 is 0 Å². The van der Waals surface area contributed by atoms with Gasteiger partial charge in [-0.05, 0) is 51.1 Å². The lowest BCUT2D eigenvalue weighted by atomic mass is 9.75. The second-order valence-corrected chi connectivity index (χ2v) is 6.28. The quantitative estimate of drug-likeness (QED) is 0.682. The zero-order valence-electron chi connectivity index (χ0n) is 12.9. The number of rotatable bonds is 6. The number of likely N-dealkylation sites (tertiary alicyclic amines) is 1. The maximum Gasteiger partial charge on any atom is 0.170 e. The molecule has 0 saturated carbocycles. The molecule has 0 aromatic heterocycles. The van der Waals surface area contributed by atoms with Crippen LogP contribution in [0, 0.1) is 11.3 Å². The average molecular weight is 257 g/mol. The third kappa shape index (κ3) is 5.25. The van der Waals surface area contributed by atoms with Crippen LogP contribution in [0.3, 0.4) is 0 Å². The smallest absolute Gasteiger partial charge is 0.170 e. The fourth-order valence-corrected chi connectivity index (χ4v) is 2.72. The van der Waals surface area contributed by atoms with Crippen LogP contribution < -0.4 is 0 Å². The number of piperidine rings is 1. The molecule has 0 spiro atoms. The molecule has 0 radical (unpaired) electrons. The van der Waals surface area contributed by atoms with E-state index in [4.69, 9.17) is 9.47 Å². The van der Waals surface area contributed by atoms with Crippen LogP contribution in [-0.2, 0) is 9.47 Å². The third-order valence-electron chi connectivity index (χ3n) is 3.92. The molecule has 0 N–H and O–H groups in total. The van der Waals surface area contributed by atoms with Gasteiger partial charge in [-0.3, -0.25) is 4.90 Å². The Kier molecular flexibility index (Phi) is 6.61. The molecule has 0 aliphatic carbocycles. The Bertz CT molecular complexity index is 211. The number of hydrogen-bond acceptors (Lipinski definition) is 3. The zero-order valence-corrected chi connectivity index (χ0v) is 12.9. The maximum absolute atomic E-state index is 5.62. The van der Waals surface area contributed by atoms with E-state index in [1.54, 1.807) is 0 Å². The lowest BCUT2D eigenvalue weighted by molar-refractivity contribution is -0.149. The summed E-state index contributed by atoms with van der Waals surface area (Å²) >= 11 is 0. The van der Waals surface area contributed by atoms with Gasteiger partial charge in [0, 0.05) is 19.8 Å². The molecule has 0 bridgehead atoms. The van der Waals surface area contributed by atoms with Crippen LogP contribution in [0.2, 0.25) is 0 Å². The Balaban J connectivity index is 2.33. The van der Waals surface area contributed by atoms with E-state index in [-0.39, 0.29) is 6.29 Å². The molecule has 3 heteroatoms. The summed E-state index contributed by atoms with van der Waals surface area (Å²) in [4.78, 5) is 2.48. The molecular weight excluding hydrogens is 226 g/mol. The van der Waals surface area contributed by atoms with Crippen LogP contribution in [-0.4, -0.2) is 44.0 Å². The fraction of sp³-hybridized carbons (Fsp3) is 1.00. The molecule has 108 valence electrons. The zero-order chi connectivity index (χ0) is 13.6. The summed E-state index contributed by atoms with van der Waals surface area (Å²) in [5, 5.41) is 0. The number of nitrogens with zero attached hydrogens (tertiary/aromatic N) is 1. The van der Waals surface area contributed by atoms with Crippen molar-refractivity contribution in [2.24, 2.45) is 11.3 Å². The summed E-state index contributed by atoms with van der Waals surface area (Å²) in [5.41, 5.74) is 0.450. The Morgan fingerprint density at radius 2 is 1.56 bits per heavy atom. The Hall–Kier alpha value is -0.120. The van der Waals surface area contributed by atoms with Gasteiger partial charge in [-0.2, -0.15) is 0 Å². The first-order valence-electron chi connectivity index (χ1n) is 7.43. The molecule has 0 aromatic carbocycles. The van der Waals surface area contributed by atoms with Crippen molar-refractivity contribution in [1.29, 1.82) is 0 Å². The molecule has 3 nitrogen and oxygen atoms in total. The third-order valence-corrected chi connectivity index (χ3v) is 3.92. The van der Waals surface area contributed by atoms with E-state index in [2.05, 4.69) is 25.7 Å². The predicted molar refractivity (Wildman–Crippen MR) is 75.7 cm³/mol. The normalized spacial score (nSPS) is 19.7. The molecule has 0 unspecified atom stereocenters. The summed E-state index contributed by atoms with van der Waals surface area (Å²) in [6.07, 6.45) is 2.55. The molecule has 1 rings (SSSR count). The number of ether oxygens (including phenoxy) is 2. The molecule has 1 aliphatic heterocycles. The Labute approximate surface area is 113 Å². The minimum atomic E-state index is -0.0498. The van der Waals surface area contributed by atoms with Crippen LogP contribution in [0.25, 0.3) is 0 Å². The highest BCUT2D eigenvalue weighted by Gasteiger charge is 2.29. The summed E-state index contributed by atoms with van der Waals surface area (Å²) in [7, 11) is 0. The van der Waals surface area contributed by atoms with Crippen molar-refractivity contribution in [3.63, 3.8) is 0 Å². The molecule has 1 heterocycles. The summed E-state index contributed by atoms with van der Waals surface area (Å²) < 4.78 is 11.2. The molecule has 1 fully saturated rings. The topological polar surface area (TPSA) is 21.7 Å². The van der Waals surface area contributed by atoms with Gasteiger partial charge in [0.2, 0.25) is 0 Å². The van der Waals surface area contributed by atoms with E-state index in [1.807, 2.05) is 13.8 Å². The van der Waals surface area contributed by atoms with Gasteiger partial charge in [-0.1, -0.05) is 20.8 Å². The van der Waals surface area contributed by atoms with E-state index in [1.165, 1.54) is 25.9 Å². The monoisotopic (exact) mass is 257 g/mol. The fourth-order valence-electron chi connectivity index (χ4n) is 2.72. The van der Waals surface area contributed by atoms with Crippen molar-refractivity contribution in [2.45, 2.75) is 53.8 Å². The van der Waals surface area contributed by atoms with Gasteiger partial charge in [0.15, 0.2) is 6.29 Å². The van der Waals surface area contributed by atoms with Crippen LogP contribution in [0.1, 0.15) is 47.5 Å². The highest BCUT2D eigenvalue weighted by molar-refractivity contribution is 4.80. The Morgan fingerprint density at radius 1 is 1.06 bits per heavy atom. The van der Waals surface area contributed by atoms with E-state index in [0.29, 0.717) is 5.41 Å². The van der Waals surface area contributed by atoms with Crippen molar-refractivity contribution in [3.8, 4) is 0 Å². The van der Waals surface area contributed by atoms with Gasteiger partial charge < -0.3 is 9.47 Å². The van der Waals surface area contributed by atoms with Crippen molar-refractivity contribution in [1.82, 2.24) is 4.90 Å². The summed E-state index contributed by atoms with van der Waals surface area (Å²) in [5.74, 6) is 0.853. The molecule has 0 atom stereocenters. The maximum atomic E-state index is 5.62. The Morgan fingerprint density at radius 3 is 1.94 bits per heavy atom. The SMILES string of the molecule is CCOC(CN1CCC(C(C)(C)C)CC1)OCC. The van der Waals surface area contributed by atoms with Crippen LogP contribution in [0.5, 0.6) is 0 Å². The molecule has 1 saturated heterocycles. The van der Waals surface area contributed by atoms with Crippen LogP contribution in [0.4, 0.5) is 0 Å². The van der Waals surface area contributed by atoms with E-state index in [0.717, 1.165) is 25.7 Å². The molecule has 0 amide bonds. The van der Waals surface area contributed by atoms with Gasteiger partial charge in [0.1, 0.15) is 0 Å². The van der Waals surface area contributed by atoms with Gasteiger partial charge in [0.05, 0.1) is 0 Å². The molecule has 18 heavy (non-hydrogen) atoms. The molecule has 0 aromatic rings. The minimum Gasteiger partial charge on any atom is -0.352 e. The highest BCUT2D eigenvalue weighted by Crippen LogP contribution is 2.34. The lowest BCUT2D eigenvalue weighted by Gasteiger charge is -2.39. The van der Waals surface area contributed by atoms with Crippen LogP contribution in [0.15, 0.2) is 0 Å². The predicted octanol–water partition coefficient (Wildman–Crippen LogP) is 3.14. The standard InChI is InChI=1S/C15H31NO2/c1-6-17-14(18-7-2)12-16-10-8-13(9-11-16)15(3,4)5/h13-14H,6-12H2,1-5H3. The van der Waals surface area contributed by atoms with Gasteiger partial charge in [-0.15, -0.1) is 0 Å². The average Bonchev–Trinajstić information content (AvgIpc) is 2.29. The van der Waals surface area contributed by atoms with Crippen molar-refractivity contribution >= 4 is 0 Å². The first-order chi connectivity index (χ1) is 8.47. The summed E-state index contributed by atoms with van der Waals surface area (Å²) in [6.45, 7) is 15.8.